The van der Waals surface area contributed by atoms with Crippen LogP contribution in [0, 0.1) is 0 Å². The molecule has 0 aliphatic heterocycles. The SMILES string of the molecule is CCN(CC)c1ccc(/N=N/c2ccc(/N=N/c3cc(OCCO)c(/N=N/c4c(S(=O)(=O)O)cc5cc(S(=O)(=O)O)cc(O)c5c4O)cc3OCCO)c(S(=O)(=O)O)c2)c(S(=O)(=O)O)c1. The third-order valence-electron chi connectivity index (χ3n) is 8.78. The number of aromatic hydroxyl groups is 2. The zero-order chi connectivity index (χ0) is 48.1. The van der Waals surface area contributed by atoms with Crippen molar-refractivity contribution in [2.45, 2.75) is 33.4 Å². The van der Waals surface area contributed by atoms with E-state index in [0.29, 0.717) is 37.0 Å². The van der Waals surface area contributed by atoms with Gasteiger partial charge in [0.05, 0.1) is 29.2 Å². The van der Waals surface area contributed by atoms with Crippen LogP contribution in [0.4, 0.5) is 39.8 Å². The predicted octanol–water partition coefficient (Wildman–Crippen LogP) is 6.07. The summed E-state index contributed by atoms with van der Waals surface area (Å²) < 4.78 is 148. The Balaban J connectivity index is 1.60. The van der Waals surface area contributed by atoms with Gasteiger partial charge in [0.25, 0.3) is 40.5 Å². The first kappa shape index (κ1) is 49.7. The first-order chi connectivity index (χ1) is 30.4. The number of rotatable bonds is 19. The van der Waals surface area contributed by atoms with E-state index in [1.165, 1.54) is 24.3 Å². The summed E-state index contributed by atoms with van der Waals surface area (Å²) in [4.78, 5) is -1.69. The predicted molar refractivity (Wildman–Crippen MR) is 227 cm³/mol. The fraction of sp³-hybridized carbons (Fsp3) is 0.222. The molecule has 0 unspecified atom stereocenters. The number of hydrogen-bond donors (Lipinski definition) is 8. The molecule has 0 heterocycles. The van der Waals surface area contributed by atoms with Gasteiger partial charge in [0, 0.05) is 37.0 Å². The van der Waals surface area contributed by atoms with Crippen LogP contribution in [0.2, 0.25) is 0 Å². The molecule has 8 N–H and O–H groups in total. The van der Waals surface area contributed by atoms with E-state index in [9.17, 15) is 72.3 Å². The van der Waals surface area contributed by atoms with Gasteiger partial charge in [-0.1, -0.05) is 0 Å². The summed E-state index contributed by atoms with van der Waals surface area (Å²) in [6, 6.07) is 11.0. The highest BCUT2D eigenvalue weighted by Crippen LogP contribution is 2.47. The van der Waals surface area contributed by atoms with Gasteiger partial charge in [-0.25, -0.2) is 0 Å². The van der Waals surface area contributed by atoms with Crippen molar-refractivity contribution in [3.63, 3.8) is 0 Å². The largest absolute Gasteiger partial charge is 0.507 e. The lowest BCUT2D eigenvalue weighted by Gasteiger charge is -2.21. The van der Waals surface area contributed by atoms with Gasteiger partial charge in [0.2, 0.25) is 0 Å². The number of aliphatic hydroxyl groups excluding tert-OH is 2. The Morgan fingerprint density at radius 3 is 1.54 bits per heavy atom. The Morgan fingerprint density at radius 2 is 1.03 bits per heavy atom. The summed E-state index contributed by atoms with van der Waals surface area (Å²) in [5.41, 5.74) is -2.22. The minimum atomic E-state index is -5.30. The minimum Gasteiger partial charge on any atom is -0.507 e. The van der Waals surface area contributed by atoms with Crippen molar-refractivity contribution in [3.8, 4) is 23.0 Å². The molecule has 0 atom stereocenters. The lowest BCUT2D eigenvalue weighted by atomic mass is 10.1. The van der Waals surface area contributed by atoms with Gasteiger partial charge in [0.15, 0.2) is 5.75 Å². The molecule has 0 saturated carbocycles. The topological polar surface area (TPSA) is 394 Å². The molecule has 0 aromatic heterocycles. The molecule has 29 heteroatoms. The van der Waals surface area contributed by atoms with Crippen molar-refractivity contribution in [2.24, 2.45) is 30.7 Å². The van der Waals surface area contributed by atoms with Crippen LogP contribution in [-0.4, -0.2) is 112 Å². The van der Waals surface area contributed by atoms with Crippen LogP contribution >= 0.6 is 0 Å². The van der Waals surface area contributed by atoms with Crippen LogP contribution in [0.1, 0.15) is 13.8 Å². The standard InChI is InChI=1S/C36H37N7O18S4/c1-3-43(4-2)22-6-8-25(32(16-22)64(54,55)56)38-37-21-5-7-24(31(15-21)63(51,52)53)39-40-26-18-30(61-12-10-45)27(19-29(26)60-11-9-44)41-42-35-33(65(57,58)59)14-20-13-23(62(48,49)50)17-28(46)34(20)36(35)47/h5-8,13-19,44-47H,3-4,9-12H2,1-2H3,(H,48,49,50)(H,51,52,53)(H,54,55,56)(H,57,58,59)/b38-37+,40-39+,42-41+. The van der Waals surface area contributed by atoms with E-state index in [0.717, 1.165) is 24.3 Å². The van der Waals surface area contributed by atoms with Crippen molar-refractivity contribution in [1.82, 2.24) is 0 Å². The third-order valence-corrected chi connectivity index (χ3v) is 12.2. The second-order valence-corrected chi connectivity index (χ2v) is 18.6. The van der Waals surface area contributed by atoms with E-state index >= 15 is 0 Å². The van der Waals surface area contributed by atoms with E-state index in [1.54, 1.807) is 4.90 Å². The summed E-state index contributed by atoms with van der Waals surface area (Å²) in [6.07, 6.45) is 0. The number of benzene rings is 5. The number of anilines is 1. The third kappa shape index (κ3) is 11.9. The normalized spacial score (nSPS) is 12.8. The van der Waals surface area contributed by atoms with Gasteiger partial charge in [-0.2, -0.15) is 38.8 Å². The van der Waals surface area contributed by atoms with Gasteiger partial charge < -0.3 is 34.8 Å². The first-order valence-electron chi connectivity index (χ1n) is 18.3. The molecule has 0 saturated heterocycles. The molecule has 0 fully saturated rings. The monoisotopic (exact) mass is 983 g/mol. The van der Waals surface area contributed by atoms with Crippen LogP contribution < -0.4 is 14.4 Å². The lowest BCUT2D eigenvalue weighted by molar-refractivity contribution is 0.198. The number of nitrogens with zero attached hydrogens (tertiary/aromatic N) is 7. The molecule has 0 radical (unpaired) electrons. The molecular formula is C36H37N7O18S4. The Labute approximate surface area is 369 Å². The molecule has 0 bridgehead atoms. The first-order valence-corrected chi connectivity index (χ1v) is 24.0. The molecule has 25 nitrogen and oxygen atoms in total. The van der Waals surface area contributed by atoms with E-state index in [1.807, 2.05) is 13.8 Å². The van der Waals surface area contributed by atoms with Crippen LogP contribution in [0.15, 0.2) is 117 Å². The van der Waals surface area contributed by atoms with Crippen molar-refractivity contribution >= 4 is 91.1 Å². The van der Waals surface area contributed by atoms with E-state index in [4.69, 9.17) is 9.47 Å². The van der Waals surface area contributed by atoms with Crippen molar-refractivity contribution in [1.29, 1.82) is 0 Å². The van der Waals surface area contributed by atoms with Crippen LogP contribution in [0.3, 0.4) is 0 Å². The maximum Gasteiger partial charge on any atom is 0.296 e. The van der Waals surface area contributed by atoms with Crippen LogP contribution in [0.5, 0.6) is 23.0 Å². The molecule has 5 aromatic carbocycles. The highest BCUT2D eigenvalue weighted by molar-refractivity contribution is 7.86. The number of hydrogen-bond acceptors (Lipinski definition) is 21. The highest BCUT2D eigenvalue weighted by Gasteiger charge is 2.26. The Bertz CT molecular complexity index is 3200. The quantitative estimate of drug-likeness (QED) is 0.0343. The molecular weight excluding hydrogens is 947 g/mol. The Kier molecular flexibility index (Phi) is 15.2. The van der Waals surface area contributed by atoms with Crippen molar-refractivity contribution < 1.29 is 81.8 Å². The average Bonchev–Trinajstić information content (AvgIpc) is 3.22. The molecule has 5 aromatic rings. The molecule has 348 valence electrons. The maximum atomic E-state index is 12.5. The molecule has 0 amide bonds. The molecule has 65 heavy (non-hydrogen) atoms. The number of azo groups is 3. The van der Waals surface area contributed by atoms with E-state index in [2.05, 4.69) is 30.7 Å². The second-order valence-electron chi connectivity index (χ2n) is 13.0. The number of aliphatic hydroxyl groups is 2. The van der Waals surface area contributed by atoms with Crippen molar-refractivity contribution in [2.75, 3.05) is 44.4 Å². The van der Waals surface area contributed by atoms with Gasteiger partial charge in [-0.05, 0) is 67.8 Å². The van der Waals surface area contributed by atoms with Gasteiger partial charge in [0.1, 0.15) is 73.6 Å². The summed E-state index contributed by atoms with van der Waals surface area (Å²) in [7, 11) is -20.2. The van der Waals surface area contributed by atoms with Crippen LogP contribution in [0.25, 0.3) is 10.8 Å². The second kappa shape index (κ2) is 19.9. The highest BCUT2D eigenvalue weighted by atomic mass is 32.2. The van der Waals surface area contributed by atoms with Gasteiger partial charge in [-0.3, -0.25) is 18.2 Å². The van der Waals surface area contributed by atoms with Gasteiger partial charge in [-0.15, -0.1) is 25.6 Å². The zero-order valence-electron chi connectivity index (χ0n) is 33.5. The van der Waals surface area contributed by atoms with Crippen molar-refractivity contribution in [3.05, 3.63) is 66.7 Å². The fourth-order valence-electron chi connectivity index (χ4n) is 5.87. The Morgan fingerprint density at radius 1 is 0.538 bits per heavy atom. The minimum absolute atomic E-state index is 0.236. The average molecular weight is 984 g/mol. The number of ether oxygens (including phenoxy) is 2. The summed E-state index contributed by atoms with van der Waals surface area (Å²) in [6.45, 7) is 2.71. The smallest absolute Gasteiger partial charge is 0.296 e. The maximum absolute atomic E-state index is 12.5. The fourth-order valence-corrected chi connectivity index (χ4v) is 8.35. The molecule has 5 rings (SSSR count). The summed E-state index contributed by atoms with van der Waals surface area (Å²) >= 11 is 0. The zero-order valence-corrected chi connectivity index (χ0v) is 36.8. The lowest BCUT2D eigenvalue weighted by Crippen LogP contribution is -2.22. The van der Waals surface area contributed by atoms with Gasteiger partial charge >= 0.3 is 0 Å². The van der Waals surface area contributed by atoms with E-state index < -0.39 is 120 Å². The Hall–Kier alpha value is -6.28. The van der Waals surface area contributed by atoms with Crippen LogP contribution in [-0.2, 0) is 40.5 Å². The summed E-state index contributed by atoms with van der Waals surface area (Å²) in [5, 5.41) is 62.8. The number of phenols is 2. The number of fused-ring (bicyclic) bond motifs is 1. The molecule has 0 aliphatic rings. The van der Waals surface area contributed by atoms with E-state index in [-0.39, 0.29) is 34.2 Å². The molecule has 0 aliphatic carbocycles. The number of phenolic OH excluding ortho intramolecular Hbond substituents is 2. The summed E-state index contributed by atoms with van der Waals surface area (Å²) in [5.74, 6) is -2.70. The molecule has 0 spiro atoms.